The third-order valence-corrected chi connectivity index (χ3v) is 9.19. The summed E-state index contributed by atoms with van der Waals surface area (Å²) in [5.41, 5.74) is 1.47. The molecule has 10 rings (SSSR count). The van der Waals surface area contributed by atoms with Crippen molar-refractivity contribution >= 4 is 32.6 Å². The van der Waals surface area contributed by atoms with E-state index in [9.17, 15) is 5.48 Å². The molecule has 0 aliphatic rings. The Kier molecular flexibility index (Phi) is 4.26. The van der Waals surface area contributed by atoms with E-state index in [1.165, 1.54) is 18.2 Å². The minimum absolute atomic E-state index is 0.00707. The van der Waals surface area contributed by atoms with Crippen LogP contribution in [0.1, 0.15) is 24.7 Å². The zero-order valence-corrected chi connectivity index (χ0v) is 27.6. The maximum atomic E-state index is 9.69. The first-order valence-electron chi connectivity index (χ1n) is 25.7. The van der Waals surface area contributed by atoms with Crippen LogP contribution in [0.3, 0.4) is 0 Å². The first kappa shape index (κ1) is 17.5. The second kappa shape index (κ2) is 12.9. The zero-order chi connectivity index (χ0) is 50.8. The van der Waals surface area contributed by atoms with Gasteiger partial charge in [-0.3, -0.25) is 4.57 Å². The maximum absolute atomic E-state index is 9.69. The molecule has 0 radical (unpaired) electrons. The molecule has 248 valence electrons. The van der Waals surface area contributed by atoms with E-state index < -0.39 is 109 Å². The van der Waals surface area contributed by atoms with Crippen molar-refractivity contribution in [3.63, 3.8) is 0 Å². The molecule has 0 bridgehead atoms. The average molecular weight is 693 g/mol. The van der Waals surface area contributed by atoms with Gasteiger partial charge in [-0.05, 0) is 109 Å². The van der Waals surface area contributed by atoms with Crippen LogP contribution in [0.5, 0.6) is 0 Å². The smallest absolute Gasteiger partial charge is 0.146 e. The van der Waals surface area contributed by atoms with Crippen LogP contribution in [0.2, 0.25) is 0 Å². The lowest BCUT2D eigenvalue weighted by Crippen LogP contribution is -1.99. The van der Waals surface area contributed by atoms with Crippen molar-refractivity contribution in [2.75, 3.05) is 0 Å². The van der Waals surface area contributed by atoms with Crippen molar-refractivity contribution in [2.45, 2.75) is 0 Å². The first-order chi connectivity index (χ1) is 33.8. The Morgan fingerprint density at radius 1 is 0.396 bits per heavy atom. The third kappa shape index (κ3) is 5.32. The van der Waals surface area contributed by atoms with Crippen molar-refractivity contribution in [2.24, 2.45) is 0 Å². The van der Waals surface area contributed by atoms with Gasteiger partial charge in [-0.1, -0.05) is 163 Å². The second-order valence-corrected chi connectivity index (χ2v) is 12.2. The van der Waals surface area contributed by atoms with Gasteiger partial charge < -0.3 is 0 Å². The van der Waals surface area contributed by atoms with Crippen LogP contribution in [-0.2, 0) is 0 Å². The Hall–Kier alpha value is -7.03. The van der Waals surface area contributed by atoms with Gasteiger partial charge in [-0.15, -0.1) is 0 Å². The van der Waals surface area contributed by atoms with Gasteiger partial charge in [0.05, 0.1) is 35.7 Å². The van der Waals surface area contributed by atoms with Crippen LogP contribution < -0.4 is 0 Å². The van der Waals surface area contributed by atoms with E-state index in [1.54, 1.807) is 24.3 Å². The normalized spacial score (nSPS) is 16.2. The lowest BCUT2D eigenvalue weighted by atomic mass is 9.83. The highest BCUT2D eigenvalue weighted by Gasteiger charge is 2.22. The third-order valence-electron chi connectivity index (χ3n) is 9.19. The van der Waals surface area contributed by atoms with E-state index >= 15 is 0 Å². The topological polar surface area (TPSA) is 17.8 Å². The molecular formula is C51H34N2. The molecule has 2 nitrogen and oxygen atoms in total. The molecular weight excluding hydrogens is 641 g/mol. The molecule has 1 aromatic heterocycles. The van der Waals surface area contributed by atoms with Crippen molar-refractivity contribution < 1.29 is 24.7 Å². The molecule has 0 amide bonds. The summed E-state index contributed by atoms with van der Waals surface area (Å²) in [5.74, 6) is 0.398. The minimum Gasteiger partial charge on any atom is -0.292 e. The van der Waals surface area contributed by atoms with E-state index in [0.717, 1.165) is 11.2 Å². The monoisotopic (exact) mass is 692 g/mol. The van der Waals surface area contributed by atoms with Gasteiger partial charge in [0.25, 0.3) is 0 Å². The number of nitrogens with zero attached hydrogens (tertiary/aromatic N) is 2. The first-order valence-corrected chi connectivity index (χ1v) is 16.7. The summed E-state index contributed by atoms with van der Waals surface area (Å²) >= 11 is 0. The number of imidazole rings is 1. The summed E-state index contributed by atoms with van der Waals surface area (Å²) < 4.78 is 164. The number of rotatable bonds is 6. The molecule has 2 heteroatoms. The van der Waals surface area contributed by atoms with Crippen LogP contribution in [0, 0.1) is 0 Å². The summed E-state index contributed by atoms with van der Waals surface area (Å²) in [6.07, 6.45) is 0. The molecule has 0 saturated heterocycles. The highest BCUT2D eigenvalue weighted by atomic mass is 15.1. The minimum atomic E-state index is -0.710. The highest BCUT2D eigenvalue weighted by molar-refractivity contribution is 6.22. The second-order valence-electron chi connectivity index (χ2n) is 12.2. The molecule has 10 aromatic rings. The lowest BCUT2D eigenvalue weighted by molar-refractivity contribution is 1.10. The van der Waals surface area contributed by atoms with Gasteiger partial charge in [0.1, 0.15) is 5.82 Å². The van der Waals surface area contributed by atoms with Crippen LogP contribution in [0.25, 0.3) is 94.2 Å². The van der Waals surface area contributed by atoms with Crippen LogP contribution >= 0.6 is 0 Å². The van der Waals surface area contributed by atoms with Gasteiger partial charge in [0.2, 0.25) is 0 Å². The van der Waals surface area contributed by atoms with Gasteiger partial charge >= 0.3 is 0 Å². The Bertz CT molecular complexity index is 3750. The molecule has 0 fully saturated rings. The molecule has 0 aliphatic carbocycles. The molecule has 0 N–H and O–H groups in total. The molecule has 0 unspecified atom stereocenters. The summed E-state index contributed by atoms with van der Waals surface area (Å²) in [6.45, 7) is 0. The predicted octanol–water partition coefficient (Wildman–Crippen LogP) is 13.7. The predicted molar refractivity (Wildman–Crippen MR) is 223 cm³/mol. The number of hydrogen-bond donors (Lipinski definition) is 0. The summed E-state index contributed by atoms with van der Waals surface area (Å²) in [6, 6.07) is 15.6. The Balaban J connectivity index is 1.45. The van der Waals surface area contributed by atoms with Gasteiger partial charge in [-0.2, -0.15) is 0 Å². The molecule has 9 aromatic carbocycles. The van der Waals surface area contributed by atoms with E-state index in [1.807, 2.05) is 59.2 Å². The van der Waals surface area contributed by atoms with E-state index in [0.29, 0.717) is 16.9 Å². The van der Waals surface area contributed by atoms with Gasteiger partial charge in [0, 0.05) is 11.3 Å². The van der Waals surface area contributed by atoms with Crippen LogP contribution in [-0.4, -0.2) is 9.55 Å². The molecule has 0 spiro atoms. The van der Waals surface area contributed by atoms with Gasteiger partial charge in [0.15, 0.2) is 0 Å². The number of aromatic nitrogens is 2. The number of fused-ring (bicyclic) bond motifs is 3. The average Bonchev–Trinajstić information content (AvgIpc) is 3.77. The fourth-order valence-corrected chi connectivity index (χ4v) is 6.97. The van der Waals surface area contributed by atoms with E-state index in [2.05, 4.69) is 0 Å². The summed E-state index contributed by atoms with van der Waals surface area (Å²) in [4.78, 5) is 5.08. The van der Waals surface area contributed by atoms with Crippen molar-refractivity contribution in [1.82, 2.24) is 9.55 Å². The maximum Gasteiger partial charge on any atom is 0.146 e. The number of benzene rings is 9. The fourth-order valence-electron chi connectivity index (χ4n) is 6.97. The fraction of sp³-hybridized carbons (Fsp3) is 0. The largest absolute Gasteiger partial charge is 0.292 e. The van der Waals surface area contributed by atoms with Gasteiger partial charge in [-0.25, -0.2) is 4.98 Å². The quantitative estimate of drug-likeness (QED) is 0.159. The summed E-state index contributed by atoms with van der Waals surface area (Å²) in [5, 5.41) is -0.813. The van der Waals surface area contributed by atoms with Crippen molar-refractivity contribution in [1.29, 1.82) is 0 Å². The number of hydrogen-bond acceptors (Lipinski definition) is 1. The Morgan fingerprint density at radius 3 is 1.47 bits per heavy atom. The van der Waals surface area contributed by atoms with Crippen LogP contribution in [0.4, 0.5) is 0 Å². The van der Waals surface area contributed by atoms with Crippen molar-refractivity contribution in [3.05, 3.63) is 206 Å². The van der Waals surface area contributed by atoms with E-state index in [4.69, 9.17) is 24.2 Å². The summed E-state index contributed by atoms with van der Waals surface area (Å²) in [7, 11) is 0. The van der Waals surface area contributed by atoms with Crippen LogP contribution in [0.15, 0.2) is 206 Å². The molecule has 0 aliphatic heterocycles. The lowest BCUT2D eigenvalue weighted by Gasteiger charge is -2.20. The number of para-hydroxylation sites is 3. The Morgan fingerprint density at radius 2 is 0.868 bits per heavy atom. The molecule has 0 saturated carbocycles. The highest BCUT2D eigenvalue weighted by Crippen LogP contribution is 2.47. The Labute approximate surface area is 334 Å². The molecule has 0 atom stereocenters. The molecule has 53 heavy (non-hydrogen) atoms. The van der Waals surface area contributed by atoms with E-state index in [-0.39, 0.29) is 66.1 Å². The zero-order valence-electron chi connectivity index (χ0n) is 45.6. The standard InChI is InChI=1S/C51H34N2/c1-4-18-35(19-5-1)37-32-38(36-20-6-2-7-21-36)34-39(33-37)49-41-24-10-12-26-43(41)50(44-27-13-11-25-42(44)49)45-28-14-15-29-46(45)51-52-47-30-16-17-31-48(47)53(51)40-22-8-3-9-23-40/h1-34H/i1D,2D,4D,5D,6D,7D,10D,11D,12D,13D,18D,19D,20D,21D,24D,25D,26D,27D. The molecule has 1 heterocycles. The SMILES string of the molecule is [2H]c1c([2H])c([2H])c(-c2cc(-c3c([2H])c([2H])c([2H])c([2H])c3[2H])cc(-c3c4c([2H])c([2H])c([2H])c([2H])c4c(-c4ccccc4-c4nc5ccccc5n4-c4ccccc4)c4c([2H])c([2H])c([2H])c([2H])c34)c2)c([2H])c1[2H]. The van der Waals surface area contributed by atoms with Crippen molar-refractivity contribution in [3.8, 4) is 61.6 Å².